The summed E-state index contributed by atoms with van der Waals surface area (Å²) in [6, 6.07) is 11.8. The maximum absolute atomic E-state index is 5.83. The van der Waals surface area contributed by atoms with Gasteiger partial charge in [-0.2, -0.15) is 0 Å². The molecule has 0 spiro atoms. The number of ether oxygens (including phenoxy) is 1. The van der Waals surface area contributed by atoms with Crippen LogP contribution in [0.1, 0.15) is 24.1 Å². The van der Waals surface area contributed by atoms with Crippen molar-refractivity contribution >= 4 is 11.6 Å². The summed E-state index contributed by atoms with van der Waals surface area (Å²) in [5.41, 5.74) is 2.21. The highest BCUT2D eigenvalue weighted by atomic mass is 35.5. The molecule has 0 bridgehead atoms. The van der Waals surface area contributed by atoms with Gasteiger partial charge >= 0.3 is 0 Å². The van der Waals surface area contributed by atoms with Gasteiger partial charge in [0, 0.05) is 23.3 Å². The molecule has 4 heteroatoms. The number of nitrogens with one attached hydrogen (secondary N) is 1. The van der Waals surface area contributed by atoms with Crippen LogP contribution in [-0.4, -0.2) is 12.0 Å². The Hall–Kier alpha value is -1.58. The zero-order valence-electron chi connectivity index (χ0n) is 11.1. The first-order valence-electron chi connectivity index (χ1n) is 6.19. The molecule has 0 amide bonds. The molecular formula is C15H17ClN2O. The maximum Gasteiger partial charge on any atom is 0.213 e. The molecule has 1 atom stereocenters. The average Bonchev–Trinajstić information content (AvgIpc) is 2.46. The van der Waals surface area contributed by atoms with Crippen molar-refractivity contribution in [3.8, 4) is 5.88 Å². The smallest absolute Gasteiger partial charge is 0.213 e. The van der Waals surface area contributed by atoms with Gasteiger partial charge in [0.2, 0.25) is 5.88 Å². The van der Waals surface area contributed by atoms with E-state index >= 15 is 0 Å². The molecule has 0 radical (unpaired) electrons. The highest BCUT2D eigenvalue weighted by molar-refractivity contribution is 6.30. The zero-order chi connectivity index (χ0) is 13.7. The van der Waals surface area contributed by atoms with Gasteiger partial charge in [-0.25, -0.2) is 4.98 Å². The number of halogens is 1. The molecule has 1 aromatic heterocycles. The Morgan fingerprint density at radius 1 is 1.21 bits per heavy atom. The highest BCUT2D eigenvalue weighted by Gasteiger charge is 2.03. The van der Waals surface area contributed by atoms with Crippen LogP contribution in [0.2, 0.25) is 5.02 Å². The van der Waals surface area contributed by atoms with Gasteiger partial charge < -0.3 is 10.1 Å². The predicted octanol–water partition coefficient (Wildman–Crippen LogP) is 3.59. The van der Waals surface area contributed by atoms with Crippen LogP contribution >= 0.6 is 11.6 Å². The van der Waals surface area contributed by atoms with E-state index in [1.807, 2.05) is 49.6 Å². The van der Waals surface area contributed by atoms with Crippen LogP contribution in [0.3, 0.4) is 0 Å². The number of rotatable bonds is 5. The lowest BCUT2D eigenvalue weighted by Gasteiger charge is -2.11. The van der Waals surface area contributed by atoms with Crippen LogP contribution < -0.4 is 10.1 Å². The van der Waals surface area contributed by atoms with Gasteiger partial charge in [0.1, 0.15) is 6.61 Å². The molecule has 1 unspecified atom stereocenters. The Balaban J connectivity index is 1.94. The van der Waals surface area contributed by atoms with E-state index in [2.05, 4.69) is 17.2 Å². The third kappa shape index (κ3) is 3.94. The topological polar surface area (TPSA) is 34.1 Å². The fourth-order valence-corrected chi connectivity index (χ4v) is 1.76. The maximum atomic E-state index is 5.83. The van der Waals surface area contributed by atoms with Gasteiger partial charge in [-0.3, -0.25) is 0 Å². The van der Waals surface area contributed by atoms with Crippen LogP contribution in [0.5, 0.6) is 5.88 Å². The molecule has 0 saturated heterocycles. The molecule has 100 valence electrons. The lowest BCUT2D eigenvalue weighted by atomic mass is 10.1. The van der Waals surface area contributed by atoms with Gasteiger partial charge in [0.25, 0.3) is 0 Å². The Kier molecular flexibility index (Phi) is 4.77. The zero-order valence-corrected chi connectivity index (χ0v) is 11.8. The summed E-state index contributed by atoms with van der Waals surface area (Å²) in [6.07, 6.45) is 1.83. The second-order valence-electron chi connectivity index (χ2n) is 4.36. The summed E-state index contributed by atoms with van der Waals surface area (Å²) in [5, 5.41) is 3.90. The summed E-state index contributed by atoms with van der Waals surface area (Å²) in [7, 11) is 1.93. The van der Waals surface area contributed by atoms with Crippen molar-refractivity contribution in [2.45, 2.75) is 19.6 Å². The lowest BCUT2D eigenvalue weighted by molar-refractivity contribution is 0.293. The second kappa shape index (κ2) is 6.55. The number of aromatic nitrogens is 1. The normalized spacial score (nSPS) is 12.2. The second-order valence-corrected chi connectivity index (χ2v) is 4.79. The van der Waals surface area contributed by atoms with Crippen molar-refractivity contribution in [3.05, 3.63) is 58.7 Å². The first-order chi connectivity index (χ1) is 9.19. The summed E-state index contributed by atoms with van der Waals surface area (Å²) >= 11 is 5.83. The fraction of sp³-hybridized carbons (Fsp3) is 0.267. The minimum absolute atomic E-state index is 0.290. The minimum Gasteiger partial charge on any atom is -0.473 e. The lowest BCUT2D eigenvalue weighted by Crippen LogP contribution is -2.12. The molecular weight excluding hydrogens is 260 g/mol. The van der Waals surface area contributed by atoms with Gasteiger partial charge in [-0.05, 0) is 37.2 Å². The molecule has 0 aliphatic heterocycles. The van der Waals surface area contributed by atoms with Crippen molar-refractivity contribution in [3.63, 3.8) is 0 Å². The van der Waals surface area contributed by atoms with E-state index in [1.54, 1.807) is 0 Å². The third-order valence-electron chi connectivity index (χ3n) is 2.99. The van der Waals surface area contributed by atoms with E-state index in [9.17, 15) is 0 Å². The number of pyridine rings is 1. The number of nitrogens with zero attached hydrogens (tertiary/aromatic N) is 1. The minimum atomic E-state index is 0.290. The third-order valence-corrected chi connectivity index (χ3v) is 3.24. The van der Waals surface area contributed by atoms with Crippen LogP contribution in [0.4, 0.5) is 0 Å². The van der Waals surface area contributed by atoms with Crippen molar-refractivity contribution in [2.75, 3.05) is 7.05 Å². The summed E-state index contributed by atoms with van der Waals surface area (Å²) in [5.74, 6) is 0.627. The Morgan fingerprint density at radius 2 is 1.95 bits per heavy atom. The van der Waals surface area contributed by atoms with Crippen LogP contribution in [-0.2, 0) is 6.61 Å². The first-order valence-corrected chi connectivity index (χ1v) is 6.57. The van der Waals surface area contributed by atoms with E-state index < -0.39 is 0 Å². The van der Waals surface area contributed by atoms with Gasteiger partial charge in [0.15, 0.2) is 0 Å². The SMILES string of the molecule is CNC(C)c1ccc(OCc2ccc(Cl)cc2)nc1. The van der Waals surface area contributed by atoms with Gasteiger partial charge in [-0.15, -0.1) is 0 Å². The highest BCUT2D eigenvalue weighted by Crippen LogP contribution is 2.16. The number of hydrogen-bond donors (Lipinski definition) is 1. The van der Waals surface area contributed by atoms with Crippen LogP contribution in [0.15, 0.2) is 42.6 Å². The average molecular weight is 277 g/mol. The van der Waals surface area contributed by atoms with Crippen LogP contribution in [0, 0.1) is 0 Å². The molecule has 3 nitrogen and oxygen atoms in total. The standard InChI is InChI=1S/C15H17ClN2O/c1-11(17-2)13-5-8-15(18-9-13)19-10-12-3-6-14(16)7-4-12/h3-9,11,17H,10H2,1-2H3. The molecule has 2 rings (SSSR count). The van der Waals surface area contributed by atoms with Gasteiger partial charge in [0.05, 0.1) is 0 Å². The molecule has 1 heterocycles. The first kappa shape index (κ1) is 13.8. The number of hydrogen-bond acceptors (Lipinski definition) is 3. The predicted molar refractivity (Wildman–Crippen MR) is 77.5 cm³/mol. The molecule has 0 saturated carbocycles. The molecule has 19 heavy (non-hydrogen) atoms. The Labute approximate surface area is 118 Å². The summed E-state index contributed by atoms with van der Waals surface area (Å²) in [4.78, 5) is 4.29. The molecule has 0 aliphatic carbocycles. The fourth-order valence-electron chi connectivity index (χ4n) is 1.64. The molecule has 0 aliphatic rings. The van der Waals surface area contributed by atoms with Crippen molar-refractivity contribution in [1.29, 1.82) is 0 Å². The van der Waals surface area contributed by atoms with Gasteiger partial charge in [-0.1, -0.05) is 29.8 Å². The van der Waals surface area contributed by atoms with Crippen molar-refractivity contribution < 1.29 is 4.74 Å². The number of benzene rings is 1. The van der Waals surface area contributed by atoms with Crippen molar-refractivity contribution in [2.24, 2.45) is 0 Å². The molecule has 0 fully saturated rings. The van der Waals surface area contributed by atoms with Crippen LogP contribution in [0.25, 0.3) is 0 Å². The largest absolute Gasteiger partial charge is 0.473 e. The summed E-state index contributed by atoms with van der Waals surface area (Å²) < 4.78 is 5.63. The molecule has 1 aromatic carbocycles. The Bertz CT molecular complexity index is 511. The van der Waals surface area contributed by atoms with E-state index in [-0.39, 0.29) is 6.04 Å². The van der Waals surface area contributed by atoms with Crippen molar-refractivity contribution in [1.82, 2.24) is 10.3 Å². The molecule has 2 aromatic rings. The van der Waals surface area contributed by atoms with E-state index in [1.165, 1.54) is 0 Å². The quantitative estimate of drug-likeness (QED) is 0.906. The monoisotopic (exact) mass is 276 g/mol. The van der Waals surface area contributed by atoms with E-state index in [0.717, 1.165) is 16.1 Å². The Morgan fingerprint density at radius 3 is 2.53 bits per heavy atom. The molecule has 1 N–H and O–H groups in total. The van der Waals surface area contributed by atoms with E-state index in [0.29, 0.717) is 12.5 Å². The summed E-state index contributed by atoms with van der Waals surface area (Å²) in [6.45, 7) is 2.58. The van der Waals surface area contributed by atoms with E-state index in [4.69, 9.17) is 16.3 Å².